The molecule has 2 atom stereocenters. The van der Waals surface area contributed by atoms with Crippen LogP contribution in [-0.2, 0) is 16.0 Å². The number of benzene rings is 3. The topological polar surface area (TPSA) is 80.6 Å². The van der Waals surface area contributed by atoms with E-state index in [2.05, 4.69) is 5.32 Å². The zero-order valence-corrected chi connectivity index (χ0v) is 22.6. The van der Waals surface area contributed by atoms with Crippen LogP contribution in [0.25, 0.3) is 22.3 Å². The van der Waals surface area contributed by atoms with Crippen molar-refractivity contribution in [1.29, 1.82) is 0 Å². The number of aliphatic hydroxyl groups excluding tert-OH is 1. The third-order valence-electron chi connectivity index (χ3n) is 7.20. The molecule has 2 heterocycles. The van der Waals surface area contributed by atoms with Crippen molar-refractivity contribution < 1.29 is 23.8 Å². The number of rotatable bonds is 8. The van der Waals surface area contributed by atoms with Crippen LogP contribution < -0.4 is 5.32 Å². The molecule has 6 nitrogen and oxygen atoms in total. The van der Waals surface area contributed by atoms with E-state index in [1.165, 1.54) is 12.1 Å². The normalized spacial score (nSPS) is 17.1. The number of carbonyl (C=O) groups excluding carboxylic acids is 2. The summed E-state index contributed by atoms with van der Waals surface area (Å²) in [4.78, 5) is 26.1. The lowest BCUT2D eigenvalue weighted by Crippen LogP contribution is -2.33. The fraction of sp³-hybridized carbons (Fsp3) is 0.273. The first-order valence-corrected chi connectivity index (χ1v) is 13.6. The Labute approximate surface area is 233 Å². The van der Waals surface area contributed by atoms with Gasteiger partial charge < -0.3 is 19.7 Å². The fourth-order valence-corrected chi connectivity index (χ4v) is 5.54. The largest absolute Gasteiger partial charge is 0.462 e. The highest BCUT2D eigenvalue weighted by Gasteiger charge is 2.32. The van der Waals surface area contributed by atoms with E-state index in [1.54, 1.807) is 12.1 Å². The fourth-order valence-electron chi connectivity index (χ4n) is 5.54. The highest BCUT2D eigenvalue weighted by Crippen LogP contribution is 2.43. The van der Waals surface area contributed by atoms with E-state index in [0.717, 1.165) is 27.9 Å². The minimum absolute atomic E-state index is 0.00165. The molecule has 4 aromatic rings. The first kappa shape index (κ1) is 27.3. The molecule has 1 aromatic heterocycles. The molecular weight excluding hydrogens is 507 g/mol. The summed E-state index contributed by atoms with van der Waals surface area (Å²) in [7, 11) is 0. The minimum Gasteiger partial charge on any atom is -0.462 e. The SMILES string of the molecule is CC(C)n1c(CCC2CC(O)CC(=O)O2)c(-c2ccc(F)cc2)c(-c2ccccc2)c1C(=O)Nc1ccccc1. The molecule has 40 heavy (non-hydrogen) atoms. The Morgan fingerprint density at radius 3 is 2.23 bits per heavy atom. The lowest BCUT2D eigenvalue weighted by molar-refractivity contribution is -0.160. The maximum atomic E-state index is 14.1. The first-order chi connectivity index (χ1) is 19.3. The number of hydrogen-bond donors (Lipinski definition) is 2. The maximum absolute atomic E-state index is 14.1. The van der Waals surface area contributed by atoms with Crippen molar-refractivity contribution in [2.75, 3.05) is 5.32 Å². The summed E-state index contributed by atoms with van der Waals surface area (Å²) in [6, 6.07) is 25.2. The maximum Gasteiger partial charge on any atom is 0.308 e. The lowest BCUT2D eigenvalue weighted by atomic mass is 9.92. The molecular formula is C33H33FN2O4. The molecule has 0 spiro atoms. The molecule has 0 aliphatic carbocycles. The third-order valence-corrected chi connectivity index (χ3v) is 7.20. The number of hydrogen-bond acceptors (Lipinski definition) is 4. The van der Waals surface area contributed by atoms with Gasteiger partial charge in [-0.15, -0.1) is 0 Å². The van der Waals surface area contributed by atoms with Gasteiger partial charge in [0.1, 0.15) is 17.6 Å². The number of para-hydroxylation sites is 1. The van der Waals surface area contributed by atoms with Gasteiger partial charge in [0.25, 0.3) is 5.91 Å². The number of esters is 1. The number of ether oxygens (including phenoxy) is 1. The second-order valence-corrected chi connectivity index (χ2v) is 10.4. The molecule has 5 rings (SSSR count). The van der Waals surface area contributed by atoms with Gasteiger partial charge in [-0.2, -0.15) is 0 Å². The zero-order valence-electron chi connectivity index (χ0n) is 22.6. The van der Waals surface area contributed by atoms with Crippen molar-refractivity contribution in [3.8, 4) is 22.3 Å². The van der Waals surface area contributed by atoms with Crippen LogP contribution in [0.2, 0.25) is 0 Å². The minimum atomic E-state index is -0.730. The monoisotopic (exact) mass is 540 g/mol. The van der Waals surface area contributed by atoms with Gasteiger partial charge in [0.15, 0.2) is 0 Å². The molecule has 1 amide bonds. The van der Waals surface area contributed by atoms with Crippen LogP contribution in [0.3, 0.4) is 0 Å². The van der Waals surface area contributed by atoms with Gasteiger partial charge in [-0.25, -0.2) is 4.39 Å². The summed E-state index contributed by atoms with van der Waals surface area (Å²) >= 11 is 0. The highest BCUT2D eigenvalue weighted by molar-refractivity contribution is 6.11. The average Bonchev–Trinajstić information content (AvgIpc) is 3.28. The van der Waals surface area contributed by atoms with Crippen molar-refractivity contribution in [3.63, 3.8) is 0 Å². The summed E-state index contributed by atoms with van der Waals surface area (Å²) < 4.78 is 21.6. The number of nitrogens with zero attached hydrogens (tertiary/aromatic N) is 1. The van der Waals surface area contributed by atoms with Crippen molar-refractivity contribution in [3.05, 3.63) is 102 Å². The number of nitrogens with one attached hydrogen (secondary N) is 1. The van der Waals surface area contributed by atoms with Crippen LogP contribution in [0.15, 0.2) is 84.9 Å². The second-order valence-electron chi connectivity index (χ2n) is 10.4. The molecule has 0 bridgehead atoms. The molecule has 0 saturated carbocycles. The van der Waals surface area contributed by atoms with E-state index in [0.29, 0.717) is 30.6 Å². The lowest BCUT2D eigenvalue weighted by Gasteiger charge is -2.26. The third kappa shape index (κ3) is 5.84. The smallest absolute Gasteiger partial charge is 0.308 e. The van der Waals surface area contributed by atoms with E-state index < -0.39 is 18.2 Å². The van der Waals surface area contributed by atoms with Crippen molar-refractivity contribution >= 4 is 17.6 Å². The number of amides is 1. The molecule has 7 heteroatoms. The zero-order chi connectivity index (χ0) is 28.2. The van der Waals surface area contributed by atoms with Gasteiger partial charge in [-0.1, -0.05) is 60.7 Å². The molecule has 2 N–H and O–H groups in total. The number of halogens is 1. The molecule has 0 radical (unpaired) electrons. The summed E-state index contributed by atoms with van der Waals surface area (Å²) in [5.41, 5.74) is 5.29. The highest BCUT2D eigenvalue weighted by atomic mass is 19.1. The summed E-state index contributed by atoms with van der Waals surface area (Å²) in [5.74, 6) is -1.01. The Bertz CT molecular complexity index is 1480. The number of anilines is 1. The summed E-state index contributed by atoms with van der Waals surface area (Å²) in [5, 5.41) is 13.2. The molecule has 1 aliphatic heterocycles. The Morgan fingerprint density at radius 1 is 0.975 bits per heavy atom. The quantitative estimate of drug-likeness (QED) is 0.241. The molecule has 1 aliphatic rings. The van der Waals surface area contributed by atoms with Gasteiger partial charge in [-0.3, -0.25) is 9.59 Å². The van der Waals surface area contributed by atoms with Crippen molar-refractivity contribution in [2.45, 2.75) is 57.8 Å². The van der Waals surface area contributed by atoms with Crippen LogP contribution in [0.1, 0.15) is 55.3 Å². The van der Waals surface area contributed by atoms with Crippen molar-refractivity contribution in [2.24, 2.45) is 0 Å². The number of carbonyl (C=O) groups is 2. The molecule has 3 aromatic carbocycles. The Kier molecular flexibility index (Phi) is 8.12. The van der Waals surface area contributed by atoms with Gasteiger partial charge in [0.05, 0.1) is 12.5 Å². The van der Waals surface area contributed by atoms with Crippen LogP contribution in [0.5, 0.6) is 0 Å². The van der Waals surface area contributed by atoms with Crippen LogP contribution >= 0.6 is 0 Å². The predicted octanol–water partition coefficient (Wildman–Crippen LogP) is 6.79. The number of aliphatic hydroxyl groups is 1. The molecule has 1 fully saturated rings. The van der Waals surface area contributed by atoms with E-state index >= 15 is 0 Å². The molecule has 1 saturated heterocycles. The van der Waals surface area contributed by atoms with E-state index in [4.69, 9.17) is 4.74 Å². The molecule has 2 unspecified atom stereocenters. The Hall–Kier alpha value is -4.23. The standard InChI is InChI=1S/C33H33FN2O4/c1-21(2)36-28(18-17-27-19-26(37)20-29(38)40-27)30(23-13-15-24(34)16-14-23)31(22-9-5-3-6-10-22)32(36)33(39)35-25-11-7-4-8-12-25/h3-16,21,26-27,37H,17-20H2,1-2H3,(H,35,39). The van der Waals surface area contributed by atoms with Gasteiger partial charge in [-0.05, 0) is 62.1 Å². The summed E-state index contributed by atoms with van der Waals surface area (Å²) in [6.07, 6.45) is 0.158. The van der Waals surface area contributed by atoms with E-state index in [9.17, 15) is 19.1 Å². The average molecular weight is 541 g/mol. The number of cyclic esters (lactones) is 1. The Balaban J connectivity index is 1.71. The van der Waals surface area contributed by atoms with E-state index in [1.807, 2.05) is 79.1 Å². The van der Waals surface area contributed by atoms with Gasteiger partial charge in [0.2, 0.25) is 0 Å². The molecule has 206 valence electrons. The van der Waals surface area contributed by atoms with Crippen LogP contribution in [0.4, 0.5) is 10.1 Å². The number of aromatic nitrogens is 1. The van der Waals surface area contributed by atoms with Crippen LogP contribution in [0, 0.1) is 5.82 Å². The first-order valence-electron chi connectivity index (χ1n) is 13.6. The summed E-state index contributed by atoms with van der Waals surface area (Å²) in [6.45, 7) is 4.05. The van der Waals surface area contributed by atoms with Gasteiger partial charge in [0, 0.05) is 35.0 Å². The van der Waals surface area contributed by atoms with Gasteiger partial charge >= 0.3 is 5.97 Å². The second kappa shape index (κ2) is 11.9. The van der Waals surface area contributed by atoms with E-state index in [-0.39, 0.29) is 24.2 Å². The van der Waals surface area contributed by atoms with Crippen LogP contribution in [-0.4, -0.2) is 33.8 Å². The predicted molar refractivity (Wildman–Crippen MR) is 153 cm³/mol. The van der Waals surface area contributed by atoms with Crippen molar-refractivity contribution in [1.82, 2.24) is 4.57 Å². The Morgan fingerprint density at radius 2 is 1.60 bits per heavy atom.